The van der Waals surface area contributed by atoms with Crippen molar-refractivity contribution in [2.24, 2.45) is 0 Å². The average Bonchev–Trinajstić information content (AvgIpc) is 2.90. The number of carbonyl (C=O) groups is 1. The van der Waals surface area contributed by atoms with Crippen molar-refractivity contribution in [2.75, 3.05) is 37.7 Å². The third kappa shape index (κ3) is 4.35. The molecule has 1 saturated heterocycles. The second-order valence-corrected chi connectivity index (χ2v) is 8.27. The predicted molar refractivity (Wildman–Crippen MR) is 133 cm³/mol. The fourth-order valence-corrected chi connectivity index (χ4v) is 4.38. The van der Waals surface area contributed by atoms with Crippen molar-refractivity contribution >= 4 is 22.4 Å². The summed E-state index contributed by atoms with van der Waals surface area (Å²) >= 11 is 0. The molecule has 1 aliphatic heterocycles. The highest BCUT2D eigenvalue weighted by Gasteiger charge is 2.27. The number of amides is 1. The highest BCUT2D eigenvalue weighted by molar-refractivity contribution is 6.05. The zero-order chi connectivity index (χ0) is 24.4. The first-order chi connectivity index (χ1) is 17.1. The maximum absolute atomic E-state index is 14.2. The van der Waals surface area contributed by atoms with E-state index in [1.165, 1.54) is 10.7 Å². The summed E-state index contributed by atoms with van der Waals surface area (Å²) < 4.78 is 21.0. The Balaban J connectivity index is 1.47. The first-order valence-corrected chi connectivity index (χ1v) is 11.6. The normalized spacial score (nSPS) is 13.8. The van der Waals surface area contributed by atoms with Crippen LogP contribution in [0, 0.1) is 5.82 Å². The number of anilines is 1. The van der Waals surface area contributed by atoms with Gasteiger partial charge in [0.15, 0.2) is 5.69 Å². The Morgan fingerprint density at radius 1 is 0.914 bits per heavy atom. The first kappa shape index (κ1) is 22.6. The van der Waals surface area contributed by atoms with E-state index in [9.17, 15) is 14.0 Å². The molecule has 178 valence electrons. The van der Waals surface area contributed by atoms with Crippen LogP contribution in [0.1, 0.15) is 17.4 Å². The van der Waals surface area contributed by atoms with Crippen molar-refractivity contribution in [3.05, 3.63) is 94.7 Å². The summed E-state index contributed by atoms with van der Waals surface area (Å²) in [5.41, 5.74) is 0.994. The lowest BCUT2D eigenvalue weighted by Crippen LogP contribution is -2.49. The van der Waals surface area contributed by atoms with Crippen LogP contribution in [0.4, 0.5) is 10.1 Å². The van der Waals surface area contributed by atoms with E-state index in [0.29, 0.717) is 60.7 Å². The predicted octanol–water partition coefficient (Wildman–Crippen LogP) is 3.89. The lowest BCUT2D eigenvalue weighted by Gasteiger charge is -2.36. The molecule has 7 nitrogen and oxygen atoms in total. The maximum atomic E-state index is 14.2. The van der Waals surface area contributed by atoms with Gasteiger partial charge in [0.05, 0.1) is 23.4 Å². The molecular weight excluding hydrogens is 447 g/mol. The second-order valence-electron chi connectivity index (χ2n) is 8.27. The number of hydrogen-bond donors (Lipinski definition) is 0. The van der Waals surface area contributed by atoms with Crippen LogP contribution < -0.4 is 15.2 Å². The summed E-state index contributed by atoms with van der Waals surface area (Å²) in [6.45, 7) is 4.29. The molecule has 0 radical (unpaired) electrons. The molecule has 0 bridgehead atoms. The van der Waals surface area contributed by atoms with Crippen LogP contribution in [0.15, 0.2) is 77.6 Å². The van der Waals surface area contributed by atoms with Gasteiger partial charge in [-0.1, -0.05) is 30.3 Å². The molecule has 0 spiro atoms. The minimum absolute atomic E-state index is 0.216. The Kier molecular flexibility index (Phi) is 6.18. The molecule has 0 atom stereocenters. The number of nitrogens with zero attached hydrogens (tertiary/aromatic N) is 4. The fourth-order valence-electron chi connectivity index (χ4n) is 4.38. The van der Waals surface area contributed by atoms with E-state index in [2.05, 4.69) is 5.10 Å². The van der Waals surface area contributed by atoms with E-state index in [0.717, 1.165) is 0 Å². The number of carbonyl (C=O) groups excluding carboxylic acids is 1. The highest BCUT2D eigenvalue weighted by atomic mass is 19.1. The molecule has 0 saturated carbocycles. The van der Waals surface area contributed by atoms with E-state index < -0.39 is 0 Å². The van der Waals surface area contributed by atoms with Crippen molar-refractivity contribution in [3.8, 4) is 11.4 Å². The second kappa shape index (κ2) is 9.58. The summed E-state index contributed by atoms with van der Waals surface area (Å²) in [4.78, 5) is 30.5. The van der Waals surface area contributed by atoms with Gasteiger partial charge in [-0.3, -0.25) is 9.59 Å². The molecule has 35 heavy (non-hydrogen) atoms. The highest BCUT2D eigenvalue weighted by Crippen LogP contribution is 2.22. The summed E-state index contributed by atoms with van der Waals surface area (Å²) in [6.07, 6.45) is 0. The van der Waals surface area contributed by atoms with Gasteiger partial charge < -0.3 is 14.5 Å². The fraction of sp³-hybridized carbons (Fsp3) is 0.222. The number of halogens is 1. The van der Waals surface area contributed by atoms with Crippen LogP contribution in [-0.2, 0) is 0 Å². The largest absolute Gasteiger partial charge is 0.494 e. The van der Waals surface area contributed by atoms with Crippen molar-refractivity contribution in [1.82, 2.24) is 14.7 Å². The Labute approximate surface area is 202 Å². The molecule has 0 N–H and O–H groups in total. The van der Waals surface area contributed by atoms with Gasteiger partial charge in [-0.15, -0.1) is 0 Å². The molecule has 0 aliphatic carbocycles. The van der Waals surface area contributed by atoms with Crippen LogP contribution in [0.25, 0.3) is 16.5 Å². The number of piperazine rings is 1. The van der Waals surface area contributed by atoms with Crippen molar-refractivity contribution in [3.63, 3.8) is 0 Å². The van der Waals surface area contributed by atoms with Crippen molar-refractivity contribution in [1.29, 1.82) is 0 Å². The van der Waals surface area contributed by atoms with Crippen LogP contribution in [-0.4, -0.2) is 53.4 Å². The van der Waals surface area contributed by atoms with Crippen LogP contribution >= 0.6 is 0 Å². The number of ether oxygens (including phenoxy) is 1. The number of para-hydroxylation sites is 1. The van der Waals surface area contributed by atoms with Gasteiger partial charge in [0, 0.05) is 31.6 Å². The first-order valence-electron chi connectivity index (χ1n) is 11.6. The average molecular weight is 473 g/mol. The smallest absolute Gasteiger partial charge is 0.279 e. The van der Waals surface area contributed by atoms with E-state index in [1.54, 1.807) is 71.6 Å². The van der Waals surface area contributed by atoms with Gasteiger partial charge >= 0.3 is 0 Å². The van der Waals surface area contributed by atoms with Crippen molar-refractivity contribution < 1.29 is 13.9 Å². The molecular formula is C27H25FN4O3. The third-order valence-corrected chi connectivity index (χ3v) is 6.16. The zero-order valence-corrected chi connectivity index (χ0v) is 19.4. The van der Waals surface area contributed by atoms with Gasteiger partial charge in [0.25, 0.3) is 11.5 Å². The summed E-state index contributed by atoms with van der Waals surface area (Å²) in [5.74, 6) is 0.158. The summed E-state index contributed by atoms with van der Waals surface area (Å²) in [5, 5.41) is 5.45. The quantitative estimate of drug-likeness (QED) is 0.441. The molecule has 8 heteroatoms. The molecule has 1 fully saturated rings. The Bertz CT molecular complexity index is 1430. The van der Waals surface area contributed by atoms with Gasteiger partial charge in [0.1, 0.15) is 11.6 Å². The molecule has 0 unspecified atom stereocenters. The molecule has 2 heterocycles. The zero-order valence-electron chi connectivity index (χ0n) is 19.4. The van der Waals surface area contributed by atoms with E-state index in [1.807, 2.05) is 11.8 Å². The Morgan fingerprint density at radius 2 is 1.57 bits per heavy atom. The molecule has 1 aliphatic rings. The van der Waals surface area contributed by atoms with Crippen molar-refractivity contribution in [2.45, 2.75) is 6.92 Å². The van der Waals surface area contributed by atoms with Gasteiger partial charge in [0.2, 0.25) is 0 Å². The summed E-state index contributed by atoms with van der Waals surface area (Å²) in [6, 6.07) is 20.7. The summed E-state index contributed by atoms with van der Waals surface area (Å²) in [7, 11) is 0. The number of rotatable bonds is 5. The molecule has 4 aromatic rings. The topological polar surface area (TPSA) is 67.7 Å². The number of aromatic nitrogens is 2. The van der Waals surface area contributed by atoms with Gasteiger partial charge in [-0.25, -0.2) is 4.39 Å². The van der Waals surface area contributed by atoms with E-state index in [4.69, 9.17) is 4.74 Å². The van der Waals surface area contributed by atoms with Crippen LogP contribution in [0.2, 0.25) is 0 Å². The van der Waals surface area contributed by atoms with Gasteiger partial charge in [-0.05, 0) is 49.4 Å². The van der Waals surface area contributed by atoms with E-state index in [-0.39, 0.29) is 23.0 Å². The van der Waals surface area contributed by atoms with E-state index >= 15 is 0 Å². The monoisotopic (exact) mass is 472 g/mol. The molecule has 1 aromatic heterocycles. The SMILES string of the molecule is CCOc1ccc(-n2nc(C(=O)N3CCN(c4ccccc4F)CC3)c3ccccc3c2=O)cc1. The molecule has 1 amide bonds. The number of fused-ring (bicyclic) bond motifs is 1. The lowest BCUT2D eigenvalue weighted by atomic mass is 10.1. The number of hydrogen-bond acceptors (Lipinski definition) is 5. The third-order valence-electron chi connectivity index (χ3n) is 6.16. The lowest BCUT2D eigenvalue weighted by molar-refractivity contribution is 0.0741. The Morgan fingerprint density at radius 3 is 2.26 bits per heavy atom. The minimum atomic E-state index is -0.300. The minimum Gasteiger partial charge on any atom is -0.494 e. The Hall–Kier alpha value is -4.20. The maximum Gasteiger partial charge on any atom is 0.279 e. The molecule has 5 rings (SSSR count). The van der Waals surface area contributed by atoms with Crippen LogP contribution in [0.3, 0.4) is 0 Å². The standard InChI is InChI=1S/C27H25FN4O3/c1-2-35-20-13-11-19(12-14-20)32-26(33)22-8-4-3-7-21(22)25(29-32)27(34)31-17-15-30(16-18-31)24-10-6-5-9-23(24)28/h3-14H,2,15-18H2,1H3. The van der Waals surface area contributed by atoms with Gasteiger partial charge in [-0.2, -0.15) is 9.78 Å². The molecule has 3 aromatic carbocycles. The van der Waals surface area contributed by atoms with Crippen LogP contribution in [0.5, 0.6) is 5.75 Å². The number of benzene rings is 3.